The molecule has 0 amide bonds. The van der Waals surface area contributed by atoms with Gasteiger partial charge in [-0.05, 0) is 19.4 Å². The predicted molar refractivity (Wildman–Crippen MR) is 36.1 cm³/mol. The van der Waals surface area contributed by atoms with Crippen LogP contribution >= 0.6 is 0 Å². The summed E-state index contributed by atoms with van der Waals surface area (Å²) in [6.45, 7) is 1.71. The zero-order chi connectivity index (χ0) is 6.74. The van der Waals surface area contributed by atoms with E-state index in [1.807, 2.05) is 0 Å². The van der Waals surface area contributed by atoms with Crippen LogP contribution in [0.4, 0.5) is 0 Å². The molecule has 9 heavy (non-hydrogen) atoms. The third-order valence-corrected chi connectivity index (χ3v) is 2.03. The van der Waals surface area contributed by atoms with Crippen LogP contribution in [0.15, 0.2) is 0 Å². The van der Waals surface area contributed by atoms with Crippen molar-refractivity contribution in [3.8, 4) is 0 Å². The van der Waals surface area contributed by atoms with Crippen molar-refractivity contribution < 1.29 is 5.11 Å². The van der Waals surface area contributed by atoms with E-state index in [-0.39, 0.29) is 12.1 Å². The third-order valence-electron chi connectivity index (χ3n) is 2.03. The average molecular weight is 130 g/mol. The van der Waals surface area contributed by atoms with Crippen LogP contribution in [0.2, 0.25) is 0 Å². The van der Waals surface area contributed by atoms with E-state index >= 15 is 0 Å². The molecule has 1 unspecified atom stereocenters. The van der Waals surface area contributed by atoms with Crippen molar-refractivity contribution in [2.45, 2.75) is 18.4 Å². The molecule has 3 nitrogen and oxygen atoms in total. The highest BCUT2D eigenvalue weighted by Crippen LogP contribution is 2.16. The van der Waals surface area contributed by atoms with Crippen molar-refractivity contribution in [2.75, 3.05) is 19.7 Å². The van der Waals surface area contributed by atoms with E-state index in [2.05, 4.69) is 5.32 Å². The van der Waals surface area contributed by atoms with Gasteiger partial charge in [-0.2, -0.15) is 0 Å². The average Bonchev–Trinajstić information content (AvgIpc) is 2.36. The van der Waals surface area contributed by atoms with Gasteiger partial charge >= 0.3 is 0 Å². The molecule has 0 aromatic carbocycles. The molecule has 0 aromatic heterocycles. The van der Waals surface area contributed by atoms with Crippen LogP contribution in [0, 0.1) is 0 Å². The molecule has 0 spiro atoms. The molecule has 1 saturated heterocycles. The minimum Gasteiger partial charge on any atom is -0.394 e. The highest BCUT2D eigenvalue weighted by Gasteiger charge is 2.30. The Hall–Kier alpha value is -0.120. The topological polar surface area (TPSA) is 58.3 Å². The molecule has 0 bridgehead atoms. The van der Waals surface area contributed by atoms with E-state index in [1.165, 1.54) is 0 Å². The summed E-state index contributed by atoms with van der Waals surface area (Å²) in [6.07, 6.45) is 2.15. The van der Waals surface area contributed by atoms with Crippen LogP contribution in [-0.4, -0.2) is 30.3 Å². The number of rotatable bonds is 2. The fraction of sp³-hybridized carbons (Fsp3) is 1.00. The Bertz CT molecular complexity index is 83.1. The first-order valence-electron chi connectivity index (χ1n) is 3.39. The summed E-state index contributed by atoms with van der Waals surface area (Å²) in [7, 11) is 0. The Labute approximate surface area is 55.2 Å². The Kier molecular flexibility index (Phi) is 2.05. The maximum atomic E-state index is 8.87. The van der Waals surface area contributed by atoms with Crippen molar-refractivity contribution in [2.24, 2.45) is 5.73 Å². The Morgan fingerprint density at radius 1 is 1.67 bits per heavy atom. The van der Waals surface area contributed by atoms with Crippen molar-refractivity contribution >= 4 is 0 Å². The Balaban J connectivity index is 2.45. The summed E-state index contributed by atoms with van der Waals surface area (Å²) in [6, 6.07) is 0. The first kappa shape index (κ1) is 6.99. The largest absolute Gasteiger partial charge is 0.394 e. The molecular formula is C6H14N2O. The zero-order valence-electron chi connectivity index (χ0n) is 5.56. The number of hydrogen-bond acceptors (Lipinski definition) is 3. The summed E-state index contributed by atoms with van der Waals surface area (Å²) in [5.74, 6) is 0. The number of nitrogens with one attached hydrogen (secondary N) is 1. The molecule has 1 atom stereocenters. The van der Waals surface area contributed by atoms with E-state index in [0.29, 0.717) is 6.54 Å². The Morgan fingerprint density at radius 3 is 2.67 bits per heavy atom. The van der Waals surface area contributed by atoms with Gasteiger partial charge in [0.25, 0.3) is 0 Å². The van der Waals surface area contributed by atoms with Crippen LogP contribution < -0.4 is 11.1 Å². The molecular weight excluding hydrogens is 116 g/mol. The fourth-order valence-electron chi connectivity index (χ4n) is 1.24. The summed E-state index contributed by atoms with van der Waals surface area (Å²) < 4.78 is 0. The monoisotopic (exact) mass is 130 g/mol. The molecule has 1 rings (SSSR count). The first-order valence-corrected chi connectivity index (χ1v) is 3.39. The number of nitrogens with two attached hydrogens (primary N) is 1. The second kappa shape index (κ2) is 2.64. The highest BCUT2D eigenvalue weighted by molar-refractivity contribution is 4.92. The van der Waals surface area contributed by atoms with Crippen LogP contribution in [-0.2, 0) is 0 Å². The molecule has 3 heteroatoms. The van der Waals surface area contributed by atoms with Gasteiger partial charge in [-0.15, -0.1) is 0 Å². The van der Waals surface area contributed by atoms with Crippen LogP contribution in [0.1, 0.15) is 12.8 Å². The van der Waals surface area contributed by atoms with Gasteiger partial charge < -0.3 is 16.2 Å². The summed E-state index contributed by atoms with van der Waals surface area (Å²) >= 11 is 0. The van der Waals surface area contributed by atoms with E-state index < -0.39 is 0 Å². The van der Waals surface area contributed by atoms with Crippen molar-refractivity contribution in [1.82, 2.24) is 5.32 Å². The predicted octanol–water partition coefficient (Wildman–Crippen LogP) is -0.940. The van der Waals surface area contributed by atoms with Gasteiger partial charge in [-0.1, -0.05) is 0 Å². The van der Waals surface area contributed by atoms with Gasteiger partial charge in [0.1, 0.15) is 0 Å². The van der Waals surface area contributed by atoms with Crippen LogP contribution in [0.3, 0.4) is 0 Å². The second-order valence-corrected chi connectivity index (χ2v) is 2.67. The van der Waals surface area contributed by atoms with Crippen LogP contribution in [0.25, 0.3) is 0 Å². The zero-order valence-corrected chi connectivity index (χ0v) is 5.56. The lowest BCUT2D eigenvalue weighted by atomic mass is 9.99. The molecule has 1 aliphatic rings. The number of aliphatic hydroxyl groups excluding tert-OH is 1. The fourth-order valence-corrected chi connectivity index (χ4v) is 1.24. The third kappa shape index (κ3) is 1.23. The van der Waals surface area contributed by atoms with Gasteiger partial charge in [0.15, 0.2) is 0 Å². The molecule has 0 radical (unpaired) electrons. The minimum atomic E-state index is -0.139. The van der Waals surface area contributed by atoms with Gasteiger partial charge in [-0.25, -0.2) is 0 Å². The van der Waals surface area contributed by atoms with Gasteiger partial charge in [-0.3, -0.25) is 0 Å². The van der Waals surface area contributed by atoms with E-state index in [4.69, 9.17) is 10.8 Å². The smallest absolute Gasteiger partial charge is 0.0625 e. The molecule has 1 fully saturated rings. The first-order chi connectivity index (χ1) is 4.33. The van der Waals surface area contributed by atoms with Gasteiger partial charge in [0.05, 0.1) is 12.1 Å². The number of hydrogen-bond donors (Lipinski definition) is 3. The molecule has 0 aromatic rings. The van der Waals surface area contributed by atoms with Crippen molar-refractivity contribution in [3.63, 3.8) is 0 Å². The quantitative estimate of drug-likeness (QED) is 0.452. The van der Waals surface area contributed by atoms with Crippen molar-refractivity contribution in [3.05, 3.63) is 0 Å². The Morgan fingerprint density at radius 2 is 2.44 bits per heavy atom. The summed E-state index contributed by atoms with van der Waals surface area (Å²) in [5.41, 5.74) is 5.32. The summed E-state index contributed by atoms with van der Waals surface area (Å²) in [5, 5.41) is 12.1. The maximum Gasteiger partial charge on any atom is 0.0625 e. The molecule has 0 saturated carbocycles. The van der Waals surface area contributed by atoms with E-state index in [1.54, 1.807) is 0 Å². The van der Waals surface area contributed by atoms with Gasteiger partial charge in [0.2, 0.25) is 0 Å². The molecule has 4 N–H and O–H groups in total. The van der Waals surface area contributed by atoms with Gasteiger partial charge in [0, 0.05) is 6.54 Å². The standard InChI is InChI=1S/C6H14N2O/c7-4-6(5-9)2-1-3-8-6/h8-9H,1-5,7H2. The minimum absolute atomic E-state index is 0.139. The normalized spacial score (nSPS) is 35.3. The lowest BCUT2D eigenvalue weighted by molar-refractivity contribution is 0.183. The molecule has 1 heterocycles. The lowest BCUT2D eigenvalue weighted by Crippen LogP contribution is -2.49. The summed E-state index contributed by atoms with van der Waals surface area (Å²) in [4.78, 5) is 0. The van der Waals surface area contributed by atoms with E-state index in [9.17, 15) is 0 Å². The van der Waals surface area contributed by atoms with Crippen LogP contribution in [0.5, 0.6) is 0 Å². The highest BCUT2D eigenvalue weighted by atomic mass is 16.3. The maximum absolute atomic E-state index is 8.87. The van der Waals surface area contributed by atoms with Crippen molar-refractivity contribution in [1.29, 1.82) is 0 Å². The molecule has 54 valence electrons. The second-order valence-electron chi connectivity index (χ2n) is 2.67. The molecule has 0 aliphatic carbocycles. The SMILES string of the molecule is NCC1(CO)CCCN1. The number of aliphatic hydroxyl groups is 1. The molecule has 1 aliphatic heterocycles. The lowest BCUT2D eigenvalue weighted by Gasteiger charge is -2.24. The van der Waals surface area contributed by atoms with E-state index in [0.717, 1.165) is 19.4 Å².